The van der Waals surface area contributed by atoms with Crippen molar-refractivity contribution in [3.8, 4) is 0 Å². The summed E-state index contributed by atoms with van der Waals surface area (Å²) in [6.07, 6.45) is 40.1. The van der Waals surface area contributed by atoms with Gasteiger partial charge < -0.3 is 20.9 Å². The fraction of sp³-hybridized carbons (Fsp3) is 0.841. The summed E-state index contributed by atoms with van der Waals surface area (Å²) in [5, 5.41) is 8.61. The van der Waals surface area contributed by atoms with Crippen LogP contribution >= 0.6 is 0 Å². The minimum absolute atomic E-state index is 0.0239. The molecule has 0 aromatic carbocycles. The molecule has 0 aliphatic heterocycles. The van der Waals surface area contributed by atoms with E-state index in [1.165, 1.54) is 173 Å². The number of aliphatic imine (C=N–C) groups is 2. The van der Waals surface area contributed by atoms with Crippen molar-refractivity contribution in [1.82, 2.24) is 20.9 Å². The Bertz CT molecular complexity index is 949. The van der Waals surface area contributed by atoms with Crippen LogP contribution in [0.4, 0.5) is 0 Å². The lowest BCUT2D eigenvalue weighted by molar-refractivity contribution is -0.117. The van der Waals surface area contributed by atoms with Crippen LogP contribution in [0.15, 0.2) is 21.8 Å². The summed E-state index contributed by atoms with van der Waals surface area (Å²) >= 11 is 0. The average molecular weight is 745 g/mol. The normalized spacial score (nSPS) is 12.0. The molecule has 0 spiro atoms. The molecule has 0 radical (unpaired) electrons. The van der Waals surface area contributed by atoms with Gasteiger partial charge in [-0.15, -0.1) is 0 Å². The van der Waals surface area contributed by atoms with E-state index in [4.69, 9.17) is 0 Å². The van der Waals surface area contributed by atoms with E-state index in [2.05, 4.69) is 39.8 Å². The monoisotopic (exact) mass is 745 g/mol. The van der Waals surface area contributed by atoms with Crippen molar-refractivity contribution in [2.75, 3.05) is 46.8 Å². The predicted molar refractivity (Wildman–Crippen MR) is 228 cm³/mol. The van der Waals surface area contributed by atoms with E-state index in [-0.39, 0.29) is 24.3 Å². The van der Waals surface area contributed by atoms with Crippen LogP contribution in [0.5, 0.6) is 0 Å². The van der Waals surface area contributed by atoms with E-state index in [1.807, 2.05) is 19.0 Å². The predicted octanol–water partition coefficient (Wildman–Crippen LogP) is 9.88. The maximum absolute atomic E-state index is 12.5. The van der Waals surface area contributed by atoms with Gasteiger partial charge in [-0.05, 0) is 26.9 Å². The number of carbonyl (C=O) groups excluding carboxylic acids is 3. The van der Waals surface area contributed by atoms with Gasteiger partial charge in [0.25, 0.3) is 11.8 Å². The zero-order valence-electron chi connectivity index (χ0n) is 35.1. The zero-order valence-corrected chi connectivity index (χ0v) is 35.1. The summed E-state index contributed by atoms with van der Waals surface area (Å²) in [6, 6.07) is 0. The van der Waals surface area contributed by atoms with E-state index in [1.54, 1.807) is 0 Å². The molecule has 0 heterocycles. The third-order valence-corrected chi connectivity index (χ3v) is 9.62. The Hall–Kier alpha value is -2.55. The Balaban J connectivity index is 4.26. The van der Waals surface area contributed by atoms with E-state index >= 15 is 0 Å². The van der Waals surface area contributed by atoms with Crippen LogP contribution in [0.2, 0.25) is 0 Å². The minimum atomic E-state index is -0.306. The molecular formula is C44H84N6O3. The molecule has 0 aromatic heterocycles. The molecule has 0 saturated carbocycles. The molecule has 53 heavy (non-hydrogen) atoms. The maximum Gasteiger partial charge on any atom is 0.262 e. The molecule has 3 N–H and O–H groups in total. The van der Waals surface area contributed by atoms with Crippen LogP contribution in [-0.2, 0) is 14.4 Å². The molecule has 0 saturated heterocycles. The summed E-state index contributed by atoms with van der Waals surface area (Å²) in [6.45, 7) is 6.98. The molecule has 0 fully saturated rings. The fourth-order valence-corrected chi connectivity index (χ4v) is 6.25. The first-order valence-electron chi connectivity index (χ1n) is 22.1. The van der Waals surface area contributed by atoms with Crippen molar-refractivity contribution >= 4 is 30.2 Å². The number of amides is 3. The van der Waals surface area contributed by atoms with Gasteiger partial charge in [-0.1, -0.05) is 181 Å². The third kappa shape index (κ3) is 40.5. The summed E-state index contributed by atoms with van der Waals surface area (Å²) in [7, 11) is 3.88. The van der Waals surface area contributed by atoms with Crippen LogP contribution in [0.1, 0.15) is 194 Å². The SMILES string of the molecule is CCCCCCCCCCCCCCCCNC(=O)C=NCC(=CC(=O)NCCN(C)C)N=CC(=O)NCCCCCCCCCCCCCCCC. The molecule has 0 aliphatic carbocycles. The van der Waals surface area contributed by atoms with Crippen molar-refractivity contribution < 1.29 is 14.4 Å². The number of unbranched alkanes of at least 4 members (excludes halogenated alkanes) is 26. The molecule has 3 amide bonds. The largest absolute Gasteiger partial charge is 0.351 e. The van der Waals surface area contributed by atoms with Crippen molar-refractivity contribution in [2.45, 2.75) is 194 Å². The van der Waals surface area contributed by atoms with Crippen molar-refractivity contribution in [2.24, 2.45) is 9.98 Å². The highest BCUT2D eigenvalue weighted by Crippen LogP contribution is 2.14. The second kappa shape index (κ2) is 40.6. The standard InChI is InChI=1S/C44H84N6O3/c1-5-7-9-11-13-15-17-19-21-23-25-27-29-31-33-46-43(52)39-45-38-41(37-42(51)48-35-36-50(3)4)49-40-44(53)47-34-32-30-28-26-24-22-20-18-16-14-12-10-8-6-2/h37,39-40H,5-36,38H2,1-4H3,(H,46,52)(H,47,53)(H,48,51). The Morgan fingerprint density at radius 1 is 0.453 bits per heavy atom. The smallest absolute Gasteiger partial charge is 0.262 e. The molecule has 0 aliphatic rings. The summed E-state index contributed by atoms with van der Waals surface area (Å²) < 4.78 is 0. The van der Waals surface area contributed by atoms with E-state index < -0.39 is 0 Å². The Labute approximate surface area is 326 Å². The van der Waals surface area contributed by atoms with Gasteiger partial charge >= 0.3 is 0 Å². The van der Waals surface area contributed by atoms with Crippen LogP contribution in [-0.4, -0.2) is 81.9 Å². The molecule has 0 unspecified atom stereocenters. The highest BCUT2D eigenvalue weighted by atomic mass is 16.2. The van der Waals surface area contributed by atoms with Crippen molar-refractivity contribution in [1.29, 1.82) is 0 Å². The minimum Gasteiger partial charge on any atom is -0.351 e. The molecule has 0 bridgehead atoms. The number of hydrogen-bond acceptors (Lipinski definition) is 6. The van der Waals surface area contributed by atoms with Crippen LogP contribution in [0, 0.1) is 0 Å². The molecular weight excluding hydrogens is 661 g/mol. The van der Waals surface area contributed by atoms with Crippen LogP contribution in [0.25, 0.3) is 0 Å². The number of likely N-dealkylation sites (N-methyl/N-ethyl adjacent to an activating group) is 1. The second-order valence-corrected chi connectivity index (χ2v) is 15.2. The fourth-order valence-electron chi connectivity index (χ4n) is 6.25. The van der Waals surface area contributed by atoms with Gasteiger partial charge in [-0.2, -0.15) is 0 Å². The first-order chi connectivity index (χ1) is 25.9. The highest BCUT2D eigenvalue weighted by molar-refractivity contribution is 6.27. The summed E-state index contributed by atoms with van der Waals surface area (Å²) in [4.78, 5) is 47.6. The van der Waals surface area contributed by atoms with E-state index in [9.17, 15) is 14.4 Å². The van der Waals surface area contributed by atoms with Gasteiger partial charge in [0, 0.05) is 32.3 Å². The van der Waals surface area contributed by atoms with E-state index in [0.29, 0.717) is 31.9 Å². The lowest BCUT2D eigenvalue weighted by Crippen LogP contribution is -2.30. The Morgan fingerprint density at radius 2 is 0.792 bits per heavy atom. The quantitative estimate of drug-likeness (QED) is 0.0330. The lowest BCUT2D eigenvalue weighted by Gasteiger charge is -2.09. The molecule has 0 rings (SSSR count). The first-order valence-corrected chi connectivity index (χ1v) is 22.1. The van der Waals surface area contributed by atoms with Crippen LogP contribution < -0.4 is 16.0 Å². The Kier molecular flexibility index (Phi) is 38.7. The topological polar surface area (TPSA) is 115 Å². The maximum atomic E-state index is 12.5. The molecule has 308 valence electrons. The zero-order chi connectivity index (χ0) is 38.9. The van der Waals surface area contributed by atoms with Gasteiger partial charge in [-0.25, -0.2) is 0 Å². The van der Waals surface area contributed by atoms with Crippen molar-refractivity contribution in [3.05, 3.63) is 11.8 Å². The van der Waals surface area contributed by atoms with Gasteiger partial charge in [0.1, 0.15) is 0 Å². The van der Waals surface area contributed by atoms with Crippen molar-refractivity contribution in [3.63, 3.8) is 0 Å². The molecule has 9 nitrogen and oxygen atoms in total. The van der Waals surface area contributed by atoms with Gasteiger partial charge in [0.2, 0.25) is 5.91 Å². The number of nitrogens with one attached hydrogen (secondary N) is 3. The molecule has 0 atom stereocenters. The first kappa shape index (κ1) is 50.5. The number of nitrogens with zero attached hydrogens (tertiary/aromatic N) is 3. The van der Waals surface area contributed by atoms with Crippen LogP contribution in [0.3, 0.4) is 0 Å². The Morgan fingerprint density at radius 3 is 1.17 bits per heavy atom. The average Bonchev–Trinajstić information content (AvgIpc) is 3.13. The highest BCUT2D eigenvalue weighted by Gasteiger charge is 2.04. The number of carbonyl (C=O) groups is 3. The van der Waals surface area contributed by atoms with Gasteiger partial charge in [0.05, 0.1) is 24.7 Å². The van der Waals surface area contributed by atoms with Gasteiger partial charge in [0.15, 0.2) is 0 Å². The third-order valence-electron chi connectivity index (χ3n) is 9.62. The summed E-state index contributed by atoms with van der Waals surface area (Å²) in [5.74, 6) is -0.864. The lowest BCUT2D eigenvalue weighted by atomic mass is 10.0. The van der Waals surface area contributed by atoms with E-state index in [0.717, 1.165) is 25.7 Å². The molecule has 0 aromatic rings. The number of hydrogen-bond donors (Lipinski definition) is 3. The number of rotatable bonds is 39. The second-order valence-electron chi connectivity index (χ2n) is 15.2. The van der Waals surface area contributed by atoms with Gasteiger partial charge in [-0.3, -0.25) is 24.4 Å². The summed E-state index contributed by atoms with van der Waals surface area (Å²) in [5.41, 5.74) is 0.315. The molecule has 9 heteroatoms.